The van der Waals surface area contributed by atoms with Crippen LogP contribution in [0.15, 0.2) is 29.0 Å². The Morgan fingerprint density at radius 2 is 2.12 bits per heavy atom. The van der Waals surface area contributed by atoms with Gasteiger partial charge in [-0.1, -0.05) is 6.07 Å². The molecule has 6 nitrogen and oxygen atoms in total. The van der Waals surface area contributed by atoms with Gasteiger partial charge in [0.1, 0.15) is 6.10 Å². The highest BCUT2D eigenvalue weighted by Crippen LogP contribution is 2.65. The lowest BCUT2D eigenvalue weighted by atomic mass is 9.48. The predicted molar refractivity (Wildman–Crippen MR) is 125 cm³/mol. The summed E-state index contributed by atoms with van der Waals surface area (Å²) in [4.78, 5) is 15.4. The van der Waals surface area contributed by atoms with E-state index in [4.69, 9.17) is 4.74 Å². The van der Waals surface area contributed by atoms with Crippen LogP contribution in [0.1, 0.15) is 48.8 Å². The van der Waals surface area contributed by atoms with Gasteiger partial charge in [-0.15, -0.1) is 0 Å². The molecule has 2 aromatic rings. The van der Waals surface area contributed by atoms with E-state index in [-0.39, 0.29) is 29.8 Å². The summed E-state index contributed by atoms with van der Waals surface area (Å²) in [5, 5.41) is 30.4. The van der Waals surface area contributed by atoms with Gasteiger partial charge in [-0.2, -0.15) is 11.3 Å². The van der Waals surface area contributed by atoms with Crippen LogP contribution in [-0.4, -0.2) is 57.9 Å². The minimum Gasteiger partial charge on any atom is -0.504 e. The Kier molecular flexibility index (Phi) is 4.28. The number of nitrogens with zero attached hydrogens (tertiary/aromatic N) is 1. The van der Waals surface area contributed by atoms with Crippen LogP contribution in [0.25, 0.3) is 0 Å². The summed E-state index contributed by atoms with van der Waals surface area (Å²) in [6, 6.07) is 5.61. The quantitative estimate of drug-likeness (QED) is 0.631. The normalized spacial score (nSPS) is 36.2. The second-order valence-corrected chi connectivity index (χ2v) is 11.6. The molecule has 0 unspecified atom stereocenters. The smallest absolute Gasteiger partial charge is 0.224 e. The van der Waals surface area contributed by atoms with Gasteiger partial charge in [0.05, 0.1) is 23.5 Å². The molecule has 5 atom stereocenters. The Hall–Kier alpha value is -2.09. The number of benzene rings is 1. The van der Waals surface area contributed by atoms with Gasteiger partial charge in [-0.05, 0) is 85.0 Å². The number of hydrogen-bond donors (Lipinski definition) is 3. The van der Waals surface area contributed by atoms with Crippen molar-refractivity contribution in [3.63, 3.8) is 0 Å². The van der Waals surface area contributed by atoms with Crippen LogP contribution in [0, 0.1) is 5.92 Å². The average molecular weight is 467 g/mol. The Labute approximate surface area is 197 Å². The van der Waals surface area contributed by atoms with E-state index >= 15 is 0 Å². The fourth-order valence-electron chi connectivity index (χ4n) is 7.47. The molecule has 5 aliphatic rings. The molecule has 1 aromatic heterocycles. The Morgan fingerprint density at radius 3 is 2.91 bits per heavy atom. The van der Waals surface area contributed by atoms with Crippen LogP contribution in [0.3, 0.4) is 0 Å². The molecule has 3 aliphatic carbocycles. The maximum Gasteiger partial charge on any atom is 0.224 e. The van der Waals surface area contributed by atoms with Crippen molar-refractivity contribution in [3.05, 3.63) is 45.6 Å². The first-order chi connectivity index (χ1) is 16.0. The minimum atomic E-state index is -0.911. The highest BCUT2D eigenvalue weighted by atomic mass is 32.1. The summed E-state index contributed by atoms with van der Waals surface area (Å²) in [5.74, 6) is 1.43. The number of aliphatic hydroxyl groups is 1. The summed E-state index contributed by atoms with van der Waals surface area (Å²) in [6.07, 6.45) is 5.47. The van der Waals surface area contributed by atoms with E-state index < -0.39 is 11.0 Å². The molecule has 3 N–H and O–H groups in total. The molecule has 3 heterocycles. The molecule has 2 aliphatic heterocycles. The first-order valence-corrected chi connectivity index (χ1v) is 13.2. The Bertz CT molecular complexity index is 1120. The molecule has 1 saturated heterocycles. The lowest BCUT2D eigenvalue weighted by molar-refractivity contribution is -0.192. The molecule has 1 amide bonds. The van der Waals surface area contributed by atoms with Crippen molar-refractivity contribution in [2.75, 3.05) is 13.1 Å². The zero-order chi connectivity index (χ0) is 22.4. The number of ether oxygens (including phenoxy) is 1. The number of thiophene rings is 1. The second kappa shape index (κ2) is 6.96. The third-order valence-electron chi connectivity index (χ3n) is 9.05. The second-order valence-electron chi connectivity index (χ2n) is 10.8. The van der Waals surface area contributed by atoms with E-state index in [0.29, 0.717) is 25.0 Å². The number of nitrogens with one attached hydrogen (secondary N) is 1. The maximum atomic E-state index is 12.9. The molecule has 33 heavy (non-hydrogen) atoms. The van der Waals surface area contributed by atoms with Crippen molar-refractivity contribution in [2.24, 2.45) is 5.92 Å². The first kappa shape index (κ1) is 20.3. The van der Waals surface area contributed by atoms with Crippen molar-refractivity contribution in [2.45, 2.75) is 74.1 Å². The number of rotatable bonds is 5. The molecule has 3 fully saturated rings. The first-order valence-electron chi connectivity index (χ1n) is 12.3. The van der Waals surface area contributed by atoms with Crippen LogP contribution in [-0.2, 0) is 23.1 Å². The van der Waals surface area contributed by atoms with E-state index in [1.807, 2.05) is 22.9 Å². The van der Waals surface area contributed by atoms with Gasteiger partial charge in [0, 0.05) is 18.2 Å². The SMILES string of the molecule is O=C(Cc1ccsc1)N[C@@H]1CC[C@@]2(O)[C@H]3Cc4ccc(O)c5c4[C@@]2(CCN3CC2CC2)[C@H]1O5. The number of aromatic hydroxyl groups is 1. The summed E-state index contributed by atoms with van der Waals surface area (Å²) in [5.41, 5.74) is 1.72. The largest absolute Gasteiger partial charge is 0.504 e. The van der Waals surface area contributed by atoms with E-state index in [1.54, 1.807) is 17.4 Å². The summed E-state index contributed by atoms with van der Waals surface area (Å²) < 4.78 is 6.51. The number of carbonyl (C=O) groups is 1. The van der Waals surface area contributed by atoms with E-state index in [1.165, 1.54) is 18.4 Å². The topological polar surface area (TPSA) is 82.0 Å². The molecule has 1 aromatic carbocycles. The van der Waals surface area contributed by atoms with Gasteiger partial charge in [0.2, 0.25) is 5.91 Å². The molecule has 0 radical (unpaired) electrons. The fraction of sp³-hybridized carbons (Fsp3) is 0.577. The van der Waals surface area contributed by atoms with Crippen LogP contribution in [0.2, 0.25) is 0 Å². The van der Waals surface area contributed by atoms with Crippen LogP contribution < -0.4 is 10.1 Å². The van der Waals surface area contributed by atoms with Crippen molar-refractivity contribution in [1.29, 1.82) is 0 Å². The molecular weight excluding hydrogens is 436 g/mol. The lowest BCUT2D eigenvalue weighted by Gasteiger charge is -2.64. The standard InChI is InChI=1S/C26H30N2O4S/c29-19-4-3-17-12-20-26(31)7-5-18(27-21(30)11-16-6-10-33-14-16)24-25(26,22(17)23(19)32-24)8-9-28(20)13-15-1-2-15/h3-4,6,10,14-15,18,20,24,29,31H,1-2,5,7-9,11-13H2,(H,27,30)/t18-,20-,24+,25+,26-/m1/s1. The summed E-state index contributed by atoms with van der Waals surface area (Å²) >= 11 is 1.59. The minimum absolute atomic E-state index is 0.0113. The van der Waals surface area contributed by atoms with Gasteiger partial charge in [0.15, 0.2) is 11.5 Å². The van der Waals surface area contributed by atoms with Crippen LogP contribution in [0.5, 0.6) is 11.5 Å². The zero-order valence-corrected chi connectivity index (χ0v) is 19.4. The highest BCUT2D eigenvalue weighted by Gasteiger charge is 2.73. The number of carbonyl (C=O) groups excluding carboxylic acids is 1. The Morgan fingerprint density at radius 1 is 1.24 bits per heavy atom. The maximum absolute atomic E-state index is 12.9. The third-order valence-corrected chi connectivity index (χ3v) is 9.79. The number of phenolic OH excluding ortho intramolecular Hbond substituents is 1. The van der Waals surface area contributed by atoms with Gasteiger partial charge in [-0.25, -0.2) is 0 Å². The molecule has 2 bridgehead atoms. The van der Waals surface area contributed by atoms with Crippen molar-refractivity contribution in [1.82, 2.24) is 10.2 Å². The fourth-order valence-corrected chi connectivity index (χ4v) is 8.13. The monoisotopic (exact) mass is 466 g/mol. The van der Waals surface area contributed by atoms with Gasteiger partial charge in [0.25, 0.3) is 0 Å². The number of amides is 1. The van der Waals surface area contributed by atoms with Crippen LogP contribution >= 0.6 is 11.3 Å². The van der Waals surface area contributed by atoms with E-state index in [9.17, 15) is 15.0 Å². The predicted octanol–water partition coefficient (Wildman–Crippen LogP) is 2.75. The van der Waals surface area contributed by atoms with E-state index in [2.05, 4.69) is 10.2 Å². The van der Waals surface area contributed by atoms with Crippen LogP contribution in [0.4, 0.5) is 0 Å². The van der Waals surface area contributed by atoms with Gasteiger partial charge < -0.3 is 20.3 Å². The van der Waals surface area contributed by atoms with Gasteiger partial charge in [-0.3, -0.25) is 9.69 Å². The summed E-state index contributed by atoms with van der Waals surface area (Å²) in [7, 11) is 0. The van der Waals surface area contributed by atoms with E-state index in [0.717, 1.165) is 43.0 Å². The van der Waals surface area contributed by atoms with Crippen molar-refractivity contribution < 1.29 is 19.7 Å². The molecule has 7 heteroatoms. The molecule has 2 saturated carbocycles. The third kappa shape index (κ3) is 2.76. The number of likely N-dealkylation sites (tertiary alicyclic amines) is 1. The lowest BCUT2D eigenvalue weighted by Crippen LogP contribution is -2.78. The highest BCUT2D eigenvalue weighted by molar-refractivity contribution is 7.08. The van der Waals surface area contributed by atoms with Gasteiger partial charge >= 0.3 is 0 Å². The zero-order valence-electron chi connectivity index (χ0n) is 18.6. The summed E-state index contributed by atoms with van der Waals surface area (Å²) in [6.45, 7) is 1.99. The molecule has 174 valence electrons. The average Bonchev–Trinajstić information content (AvgIpc) is 3.31. The molecule has 7 rings (SSSR count). The van der Waals surface area contributed by atoms with Crippen molar-refractivity contribution in [3.8, 4) is 11.5 Å². The number of phenols is 1. The van der Waals surface area contributed by atoms with Crippen molar-refractivity contribution >= 4 is 17.2 Å². The Balaban J connectivity index is 1.27. The number of hydrogen-bond acceptors (Lipinski definition) is 6. The molecular formula is C26H30N2O4S. The molecule has 1 spiro atoms. The number of piperidine rings is 1.